The number of aromatic nitrogens is 1. The van der Waals surface area contributed by atoms with Gasteiger partial charge in [0.25, 0.3) is 5.56 Å². The van der Waals surface area contributed by atoms with Crippen molar-refractivity contribution in [1.29, 1.82) is 0 Å². The van der Waals surface area contributed by atoms with Crippen molar-refractivity contribution in [2.75, 3.05) is 6.54 Å². The lowest BCUT2D eigenvalue weighted by Gasteiger charge is -2.20. The van der Waals surface area contributed by atoms with Crippen molar-refractivity contribution in [3.8, 4) is 0 Å². The first kappa shape index (κ1) is 9.27. The summed E-state index contributed by atoms with van der Waals surface area (Å²) in [4.78, 5) is 11.4. The number of hydrogen-bond acceptors (Lipinski definition) is 3. The fraction of sp³-hybridized carbons (Fsp3) is 0.500. The molecule has 1 atom stereocenters. The Morgan fingerprint density at radius 3 is 3.36 bits per heavy atom. The summed E-state index contributed by atoms with van der Waals surface area (Å²) in [5.41, 5.74) is 0.680. The lowest BCUT2D eigenvalue weighted by atomic mass is 9.93. The zero-order chi connectivity index (χ0) is 9.97. The van der Waals surface area contributed by atoms with E-state index in [9.17, 15) is 4.79 Å². The number of hydrogen-bond donors (Lipinski definition) is 2. The second-order valence-corrected chi connectivity index (χ2v) is 3.51. The first-order valence-corrected chi connectivity index (χ1v) is 4.87. The normalized spacial score (nSPS) is 20.4. The van der Waals surface area contributed by atoms with Gasteiger partial charge in [-0.2, -0.15) is 5.16 Å². The first-order valence-electron chi connectivity index (χ1n) is 4.87. The zero-order valence-electron chi connectivity index (χ0n) is 8.01. The molecule has 4 heteroatoms. The van der Waals surface area contributed by atoms with Crippen molar-refractivity contribution in [3.05, 3.63) is 34.3 Å². The topological polar surface area (TPSA) is 58.0 Å². The molecule has 0 saturated heterocycles. The van der Waals surface area contributed by atoms with Crippen molar-refractivity contribution in [3.63, 3.8) is 0 Å². The molecule has 1 aliphatic carbocycles. The Morgan fingerprint density at radius 1 is 1.71 bits per heavy atom. The molecule has 1 aromatic heterocycles. The van der Waals surface area contributed by atoms with Gasteiger partial charge in [-0.25, -0.2) is 0 Å². The highest BCUT2D eigenvalue weighted by atomic mass is 16.5. The van der Waals surface area contributed by atoms with Crippen molar-refractivity contribution < 1.29 is 4.52 Å². The molecule has 0 saturated carbocycles. The van der Waals surface area contributed by atoms with Crippen LogP contribution in [0.1, 0.15) is 30.2 Å². The van der Waals surface area contributed by atoms with Crippen LogP contribution >= 0.6 is 0 Å². The number of aryl methyl sites for hydroxylation is 1. The van der Waals surface area contributed by atoms with Crippen LogP contribution in [0.4, 0.5) is 0 Å². The summed E-state index contributed by atoms with van der Waals surface area (Å²) in [5.74, 6) is 0.808. The minimum absolute atomic E-state index is 0.0961. The maximum atomic E-state index is 11.4. The highest BCUT2D eigenvalue weighted by Crippen LogP contribution is 2.26. The maximum Gasteiger partial charge on any atom is 0.284 e. The number of fused-ring (bicyclic) bond motifs is 1. The van der Waals surface area contributed by atoms with Gasteiger partial charge in [-0.3, -0.25) is 4.79 Å². The van der Waals surface area contributed by atoms with Crippen LogP contribution in [0.15, 0.2) is 22.0 Å². The van der Waals surface area contributed by atoms with Gasteiger partial charge in [0.15, 0.2) is 0 Å². The number of H-pyrrole nitrogens is 1. The van der Waals surface area contributed by atoms with Gasteiger partial charge in [0.1, 0.15) is 5.76 Å². The highest BCUT2D eigenvalue weighted by molar-refractivity contribution is 5.21. The Bertz CT molecular complexity index is 378. The van der Waals surface area contributed by atoms with Crippen LogP contribution in [0.2, 0.25) is 0 Å². The summed E-state index contributed by atoms with van der Waals surface area (Å²) in [6.45, 7) is 4.36. The molecule has 0 radical (unpaired) electrons. The molecular formula is C10H14N2O2. The smallest absolute Gasteiger partial charge is 0.284 e. The lowest BCUT2D eigenvalue weighted by Crippen LogP contribution is -2.28. The fourth-order valence-corrected chi connectivity index (χ4v) is 1.92. The summed E-state index contributed by atoms with van der Waals surface area (Å²) < 4.78 is 5.09. The lowest BCUT2D eigenvalue weighted by molar-refractivity contribution is 0.355. The molecule has 1 aliphatic rings. The molecule has 2 rings (SSSR count). The summed E-state index contributed by atoms with van der Waals surface area (Å²) in [6, 6.07) is 0.124. The van der Waals surface area contributed by atoms with Crippen LogP contribution in [0, 0.1) is 0 Å². The van der Waals surface area contributed by atoms with Crippen molar-refractivity contribution in [2.45, 2.75) is 25.3 Å². The summed E-state index contributed by atoms with van der Waals surface area (Å²) in [6.07, 6.45) is 4.70. The molecule has 0 fully saturated rings. The van der Waals surface area contributed by atoms with E-state index < -0.39 is 0 Å². The number of rotatable bonds is 3. The molecule has 0 aromatic carbocycles. The van der Waals surface area contributed by atoms with Gasteiger partial charge in [-0.05, 0) is 12.8 Å². The van der Waals surface area contributed by atoms with Crippen LogP contribution in [0.3, 0.4) is 0 Å². The van der Waals surface area contributed by atoms with Crippen molar-refractivity contribution >= 4 is 0 Å². The van der Waals surface area contributed by atoms with Gasteiger partial charge in [-0.1, -0.05) is 6.08 Å². The minimum Gasteiger partial charge on any atom is -0.383 e. The molecule has 0 spiro atoms. The molecule has 0 aliphatic heterocycles. The van der Waals surface area contributed by atoms with Crippen LogP contribution < -0.4 is 10.9 Å². The van der Waals surface area contributed by atoms with E-state index in [0.29, 0.717) is 6.54 Å². The summed E-state index contributed by atoms with van der Waals surface area (Å²) in [5, 5.41) is 5.65. The van der Waals surface area contributed by atoms with Crippen LogP contribution in [0.5, 0.6) is 0 Å². The molecule has 1 aromatic rings. The monoisotopic (exact) mass is 194 g/mol. The quantitative estimate of drug-likeness (QED) is 0.709. The largest absolute Gasteiger partial charge is 0.383 e. The Morgan fingerprint density at radius 2 is 2.57 bits per heavy atom. The van der Waals surface area contributed by atoms with E-state index in [0.717, 1.165) is 30.6 Å². The van der Waals surface area contributed by atoms with E-state index in [1.54, 1.807) is 6.08 Å². The maximum absolute atomic E-state index is 11.4. The van der Waals surface area contributed by atoms with Gasteiger partial charge >= 0.3 is 0 Å². The molecule has 14 heavy (non-hydrogen) atoms. The highest BCUT2D eigenvalue weighted by Gasteiger charge is 2.25. The Hall–Kier alpha value is -1.29. The van der Waals surface area contributed by atoms with E-state index in [1.807, 2.05) is 0 Å². The second kappa shape index (κ2) is 3.84. The molecule has 0 bridgehead atoms. The van der Waals surface area contributed by atoms with E-state index in [2.05, 4.69) is 17.1 Å². The predicted molar refractivity (Wildman–Crippen MR) is 53.2 cm³/mol. The molecule has 0 amide bonds. The van der Waals surface area contributed by atoms with E-state index in [1.165, 1.54) is 0 Å². The second-order valence-electron chi connectivity index (χ2n) is 3.51. The minimum atomic E-state index is -0.0961. The number of nitrogens with one attached hydrogen (secondary N) is 2. The Labute approximate surface area is 82.0 Å². The Kier molecular flexibility index (Phi) is 2.54. The third kappa shape index (κ3) is 1.53. The molecule has 1 heterocycles. The number of aromatic amines is 1. The molecule has 76 valence electrons. The average molecular weight is 194 g/mol. The van der Waals surface area contributed by atoms with E-state index >= 15 is 0 Å². The molecular weight excluding hydrogens is 180 g/mol. The van der Waals surface area contributed by atoms with Gasteiger partial charge in [0.05, 0.1) is 5.56 Å². The third-order valence-electron chi connectivity index (χ3n) is 2.57. The van der Waals surface area contributed by atoms with Gasteiger partial charge in [0.2, 0.25) is 0 Å². The van der Waals surface area contributed by atoms with Crippen LogP contribution in [0.25, 0.3) is 0 Å². The third-order valence-corrected chi connectivity index (χ3v) is 2.57. The Balaban J connectivity index is 2.25. The summed E-state index contributed by atoms with van der Waals surface area (Å²) in [7, 11) is 0. The van der Waals surface area contributed by atoms with Crippen molar-refractivity contribution in [1.82, 2.24) is 10.5 Å². The van der Waals surface area contributed by atoms with E-state index in [4.69, 9.17) is 4.52 Å². The van der Waals surface area contributed by atoms with Crippen molar-refractivity contribution in [2.24, 2.45) is 0 Å². The first-order chi connectivity index (χ1) is 6.83. The fourth-order valence-electron chi connectivity index (χ4n) is 1.92. The predicted octanol–water partition coefficient (Wildman–Crippen LogP) is 1.12. The zero-order valence-corrected chi connectivity index (χ0v) is 8.01. The van der Waals surface area contributed by atoms with Gasteiger partial charge in [0, 0.05) is 19.0 Å². The average Bonchev–Trinajstić information content (AvgIpc) is 2.58. The SMILES string of the molecule is C=CCN[C@H]1CCCc2o[nH]c(=O)c21. The van der Waals surface area contributed by atoms with Crippen LogP contribution in [-0.4, -0.2) is 11.7 Å². The van der Waals surface area contributed by atoms with E-state index in [-0.39, 0.29) is 11.6 Å². The molecule has 4 nitrogen and oxygen atoms in total. The standard InChI is InChI=1S/C10H14N2O2/c1-2-6-11-7-4-3-5-8-9(7)10(13)12-14-8/h2,7,11H,1,3-6H2,(H,12,13)/t7-/m0/s1. The van der Waals surface area contributed by atoms with Gasteiger partial charge < -0.3 is 9.84 Å². The molecule has 0 unspecified atom stereocenters. The van der Waals surface area contributed by atoms with Gasteiger partial charge in [-0.15, -0.1) is 6.58 Å². The molecule has 2 N–H and O–H groups in total. The van der Waals surface area contributed by atoms with Crippen LogP contribution in [-0.2, 0) is 6.42 Å². The summed E-state index contributed by atoms with van der Waals surface area (Å²) >= 11 is 0.